The maximum absolute atomic E-state index is 12.0. The molecular formula is C19H24N2O3. The molecule has 2 aromatic carbocycles. The second-order valence-corrected chi connectivity index (χ2v) is 5.33. The van der Waals surface area contributed by atoms with Gasteiger partial charge < -0.3 is 20.1 Å². The molecule has 0 bridgehead atoms. The van der Waals surface area contributed by atoms with Crippen LogP contribution in [-0.2, 0) is 12.8 Å². The number of benzene rings is 2. The summed E-state index contributed by atoms with van der Waals surface area (Å²) in [6.07, 6.45) is 1.64. The van der Waals surface area contributed by atoms with Gasteiger partial charge in [-0.1, -0.05) is 31.2 Å². The van der Waals surface area contributed by atoms with E-state index in [1.54, 1.807) is 14.2 Å². The maximum Gasteiger partial charge on any atom is 0.319 e. The first-order valence-corrected chi connectivity index (χ1v) is 8.01. The number of nitrogens with one attached hydrogen (secondary N) is 2. The summed E-state index contributed by atoms with van der Waals surface area (Å²) in [5.41, 5.74) is 3.01. The number of rotatable bonds is 7. The predicted octanol–water partition coefficient (Wildman–Crippen LogP) is 3.63. The summed E-state index contributed by atoms with van der Waals surface area (Å²) < 4.78 is 10.7. The minimum Gasteiger partial charge on any atom is -0.493 e. The van der Waals surface area contributed by atoms with Crippen LogP contribution in [0, 0.1) is 0 Å². The standard InChI is InChI=1S/C19H24N2O3/c1-4-14-8-10-16(11-9-14)21-19(22)20-13-12-15-6-5-7-17(23-2)18(15)24-3/h5-11H,4,12-13H2,1-3H3,(H2,20,21,22). The molecule has 0 saturated carbocycles. The van der Waals surface area contributed by atoms with E-state index in [4.69, 9.17) is 9.47 Å². The third-order valence-electron chi connectivity index (χ3n) is 3.78. The van der Waals surface area contributed by atoms with Gasteiger partial charge in [-0.2, -0.15) is 0 Å². The molecule has 2 amide bonds. The van der Waals surface area contributed by atoms with E-state index >= 15 is 0 Å². The van der Waals surface area contributed by atoms with Gasteiger partial charge in [-0.15, -0.1) is 0 Å². The van der Waals surface area contributed by atoms with Crippen molar-refractivity contribution in [2.75, 3.05) is 26.1 Å². The molecule has 0 aliphatic rings. The Hall–Kier alpha value is -2.69. The fraction of sp³-hybridized carbons (Fsp3) is 0.316. The lowest BCUT2D eigenvalue weighted by Gasteiger charge is -2.13. The molecule has 2 N–H and O–H groups in total. The smallest absolute Gasteiger partial charge is 0.319 e. The number of aryl methyl sites for hydroxylation is 1. The molecule has 5 nitrogen and oxygen atoms in total. The first kappa shape index (κ1) is 17.7. The Bertz CT molecular complexity index is 669. The second kappa shape index (κ2) is 8.82. The number of para-hydroxylation sites is 1. The van der Waals surface area contributed by atoms with Crippen LogP contribution in [0.2, 0.25) is 0 Å². The van der Waals surface area contributed by atoms with Gasteiger partial charge in [0.2, 0.25) is 0 Å². The Labute approximate surface area is 143 Å². The van der Waals surface area contributed by atoms with Crippen LogP contribution in [0.25, 0.3) is 0 Å². The van der Waals surface area contributed by atoms with Gasteiger partial charge in [-0.3, -0.25) is 0 Å². The van der Waals surface area contributed by atoms with Crippen molar-refractivity contribution in [1.82, 2.24) is 5.32 Å². The molecule has 0 aromatic heterocycles. The third-order valence-corrected chi connectivity index (χ3v) is 3.78. The Morgan fingerprint density at radius 1 is 1.04 bits per heavy atom. The molecule has 0 aliphatic carbocycles. The molecule has 0 heterocycles. The Kier molecular flexibility index (Phi) is 6.49. The number of urea groups is 1. The van der Waals surface area contributed by atoms with E-state index < -0.39 is 0 Å². The van der Waals surface area contributed by atoms with E-state index in [1.807, 2.05) is 42.5 Å². The summed E-state index contributed by atoms with van der Waals surface area (Å²) in [5.74, 6) is 1.40. The molecule has 0 radical (unpaired) electrons. The van der Waals surface area contributed by atoms with Crippen molar-refractivity contribution < 1.29 is 14.3 Å². The molecule has 128 valence electrons. The summed E-state index contributed by atoms with van der Waals surface area (Å²) in [5, 5.41) is 5.68. The maximum atomic E-state index is 12.0. The van der Waals surface area contributed by atoms with Gasteiger partial charge in [0.15, 0.2) is 11.5 Å². The van der Waals surface area contributed by atoms with E-state index in [2.05, 4.69) is 17.6 Å². The summed E-state index contributed by atoms with van der Waals surface area (Å²) in [4.78, 5) is 12.0. The first-order valence-electron chi connectivity index (χ1n) is 8.01. The van der Waals surface area contributed by atoms with Gasteiger partial charge in [0.25, 0.3) is 0 Å². The molecule has 2 rings (SSSR count). The quantitative estimate of drug-likeness (QED) is 0.816. The van der Waals surface area contributed by atoms with Crippen molar-refractivity contribution in [2.24, 2.45) is 0 Å². The number of amides is 2. The molecule has 2 aromatic rings. The lowest BCUT2D eigenvalue weighted by atomic mass is 10.1. The highest BCUT2D eigenvalue weighted by Crippen LogP contribution is 2.30. The molecule has 24 heavy (non-hydrogen) atoms. The summed E-state index contributed by atoms with van der Waals surface area (Å²) in [6.45, 7) is 2.60. The lowest BCUT2D eigenvalue weighted by Crippen LogP contribution is -2.30. The first-order chi connectivity index (χ1) is 11.7. The lowest BCUT2D eigenvalue weighted by molar-refractivity contribution is 0.252. The highest BCUT2D eigenvalue weighted by Gasteiger charge is 2.09. The van der Waals surface area contributed by atoms with E-state index in [-0.39, 0.29) is 6.03 Å². The van der Waals surface area contributed by atoms with E-state index in [0.717, 1.165) is 17.7 Å². The molecule has 0 fully saturated rings. The fourth-order valence-corrected chi connectivity index (χ4v) is 2.46. The van der Waals surface area contributed by atoms with Crippen LogP contribution in [0.4, 0.5) is 10.5 Å². The zero-order valence-corrected chi connectivity index (χ0v) is 14.4. The zero-order chi connectivity index (χ0) is 17.4. The Morgan fingerprint density at radius 3 is 2.42 bits per heavy atom. The number of methoxy groups -OCH3 is 2. The van der Waals surface area contributed by atoms with E-state index in [9.17, 15) is 4.79 Å². The molecule has 0 atom stereocenters. The van der Waals surface area contributed by atoms with Gasteiger partial charge in [-0.25, -0.2) is 4.79 Å². The minimum absolute atomic E-state index is 0.221. The van der Waals surface area contributed by atoms with E-state index in [0.29, 0.717) is 24.5 Å². The minimum atomic E-state index is -0.221. The van der Waals surface area contributed by atoms with Gasteiger partial charge in [0, 0.05) is 12.2 Å². The van der Waals surface area contributed by atoms with Crippen LogP contribution in [0.15, 0.2) is 42.5 Å². The molecule has 0 saturated heterocycles. The molecule has 0 unspecified atom stereocenters. The number of carbonyl (C=O) groups excluding carboxylic acids is 1. The van der Waals surface area contributed by atoms with Crippen molar-refractivity contribution in [2.45, 2.75) is 19.8 Å². The average Bonchev–Trinajstić information content (AvgIpc) is 2.62. The average molecular weight is 328 g/mol. The van der Waals surface area contributed by atoms with Crippen LogP contribution in [-0.4, -0.2) is 26.8 Å². The van der Waals surface area contributed by atoms with Crippen LogP contribution in [0.3, 0.4) is 0 Å². The van der Waals surface area contributed by atoms with Crippen molar-refractivity contribution in [3.05, 3.63) is 53.6 Å². The van der Waals surface area contributed by atoms with Gasteiger partial charge in [0.05, 0.1) is 14.2 Å². The number of anilines is 1. The number of carbonyl (C=O) groups is 1. The van der Waals surface area contributed by atoms with Crippen LogP contribution in [0.1, 0.15) is 18.1 Å². The zero-order valence-electron chi connectivity index (χ0n) is 14.4. The van der Waals surface area contributed by atoms with Gasteiger partial charge in [-0.05, 0) is 42.2 Å². The Balaban J connectivity index is 1.86. The monoisotopic (exact) mass is 328 g/mol. The van der Waals surface area contributed by atoms with Crippen molar-refractivity contribution in [3.8, 4) is 11.5 Å². The molecular weight excluding hydrogens is 304 g/mol. The van der Waals surface area contributed by atoms with Crippen LogP contribution >= 0.6 is 0 Å². The van der Waals surface area contributed by atoms with Gasteiger partial charge in [0.1, 0.15) is 0 Å². The number of hydrogen-bond donors (Lipinski definition) is 2. The van der Waals surface area contributed by atoms with Crippen molar-refractivity contribution in [1.29, 1.82) is 0 Å². The highest BCUT2D eigenvalue weighted by molar-refractivity contribution is 5.89. The molecule has 0 spiro atoms. The van der Waals surface area contributed by atoms with Crippen LogP contribution in [0.5, 0.6) is 11.5 Å². The topological polar surface area (TPSA) is 59.6 Å². The fourth-order valence-electron chi connectivity index (χ4n) is 2.46. The summed E-state index contributed by atoms with van der Waals surface area (Å²) in [7, 11) is 3.22. The normalized spacial score (nSPS) is 10.1. The SMILES string of the molecule is CCc1ccc(NC(=O)NCCc2cccc(OC)c2OC)cc1. The number of ether oxygens (including phenoxy) is 2. The third kappa shape index (κ3) is 4.65. The van der Waals surface area contributed by atoms with Crippen molar-refractivity contribution in [3.63, 3.8) is 0 Å². The largest absolute Gasteiger partial charge is 0.493 e. The Morgan fingerprint density at radius 2 is 1.79 bits per heavy atom. The van der Waals surface area contributed by atoms with Crippen LogP contribution < -0.4 is 20.1 Å². The predicted molar refractivity (Wildman–Crippen MR) is 96.1 cm³/mol. The van der Waals surface area contributed by atoms with Crippen molar-refractivity contribution >= 4 is 11.7 Å². The van der Waals surface area contributed by atoms with E-state index in [1.165, 1.54) is 5.56 Å². The summed E-state index contributed by atoms with van der Waals surface area (Å²) in [6, 6.07) is 13.3. The highest BCUT2D eigenvalue weighted by atomic mass is 16.5. The molecule has 5 heteroatoms. The second-order valence-electron chi connectivity index (χ2n) is 5.33. The molecule has 0 aliphatic heterocycles. The summed E-state index contributed by atoms with van der Waals surface area (Å²) >= 11 is 0. The number of hydrogen-bond acceptors (Lipinski definition) is 3. The van der Waals surface area contributed by atoms with Gasteiger partial charge >= 0.3 is 6.03 Å².